The molecule has 1 heterocycles. The van der Waals surface area contributed by atoms with Crippen LogP contribution in [-0.4, -0.2) is 52.9 Å². The highest BCUT2D eigenvalue weighted by Gasteiger charge is 2.44. The molecule has 0 saturated carbocycles. The van der Waals surface area contributed by atoms with Gasteiger partial charge in [-0.15, -0.1) is 11.8 Å². The first-order valence-electron chi connectivity index (χ1n) is 6.59. The first kappa shape index (κ1) is 16.0. The van der Waals surface area contributed by atoms with Crippen molar-refractivity contribution in [2.75, 3.05) is 24.7 Å². The number of hydrogen-bond donors (Lipinski definition) is 1. The Morgan fingerprint density at radius 3 is 2.45 bits per heavy atom. The van der Waals surface area contributed by atoms with Crippen LogP contribution in [0.5, 0.6) is 0 Å². The van der Waals surface area contributed by atoms with E-state index in [9.17, 15) is 19.2 Å². The SMILES string of the molecule is CCN1C(=O)C(=O)N(CC(=O)Nc2cccc(SC)c2)C1=O. The van der Waals surface area contributed by atoms with E-state index in [1.165, 1.54) is 11.8 Å². The maximum atomic E-state index is 12.0. The van der Waals surface area contributed by atoms with Crippen molar-refractivity contribution in [3.63, 3.8) is 0 Å². The number of amides is 5. The lowest BCUT2D eigenvalue weighted by molar-refractivity contribution is -0.143. The number of imide groups is 2. The molecule has 0 aromatic heterocycles. The topological polar surface area (TPSA) is 86.8 Å². The lowest BCUT2D eigenvalue weighted by Crippen LogP contribution is -2.38. The van der Waals surface area contributed by atoms with E-state index < -0.39 is 30.3 Å². The average Bonchev–Trinajstić information content (AvgIpc) is 2.71. The molecule has 0 aliphatic carbocycles. The van der Waals surface area contributed by atoms with Crippen molar-refractivity contribution in [1.82, 2.24) is 9.80 Å². The molecule has 1 aromatic carbocycles. The summed E-state index contributed by atoms with van der Waals surface area (Å²) in [6.07, 6.45) is 1.91. The van der Waals surface area contributed by atoms with Gasteiger partial charge in [-0.1, -0.05) is 6.07 Å². The molecule has 1 aliphatic rings. The first-order chi connectivity index (χ1) is 10.5. The van der Waals surface area contributed by atoms with Crippen molar-refractivity contribution in [3.05, 3.63) is 24.3 Å². The minimum Gasteiger partial charge on any atom is -0.324 e. The van der Waals surface area contributed by atoms with Crippen LogP contribution in [0.4, 0.5) is 10.5 Å². The standard InChI is InChI=1S/C14H15N3O4S/c1-3-16-12(19)13(20)17(14(16)21)8-11(18)15-9-5-4-6-10(7-9)22-2/h4-7H,3,8H2,1-2H3,(H,15,18). The molecule has 0 radical (unpaired) electrons. The molecule has 1 fully saturated rings. The van der Waals surface area contributed by atoms with Gasteiger partial charge in [0.25, 0.3) is 0 Å². The van der Waals surface area contributed by atoms with Gasteiger partial charge in [-0.05, 0) is 31.4 Å². The quantitative estimate of drug-likeness (QED) is 0.499. The third-order valence-electron chi connectivity index (χ3n) is 3.11. The Morgan fingerprint density at radius 2 is 1.86 bits per heavy atom. The second-order valence-corrected chi connectivity index (χ2v) is 5.38. The highest BCUT2D eigenvalue weighted by molar-refractivity contribution is 7.98. The van der Waals surface area contributed by atoms with Crippen LogP contribution in [0.3, 0.4) is 0 Å². The number of carbonyl (C=O) groups excluding carboxylic acids is 4. The van der Waals surface area contributed by atoms with Gasteiger partial charge < -0.3 is 5.32 Å². The number of carbonyl (C=O) groups is 4. The lowest BCUT2D eigenvalue weighted by Gasteiger charge is -2.14. The summed E-state index contributed by atoms with van der Waals surface area (Å²) in [5.74, 6) is -2.41. The summed E-state index contributed by atoms with van der Waals surface area (Å²) >= 11 is 1.53. The number of nitrogens with zero attached hydrogens (tertiary/aromatic N) is 2. The second-order valence-electron chi connectivity index (χ2n) is 4.50. The molecular formula is C14H15N3O4S. The zero-order chi connectivity index (χ0) is 16.3. The smallest absolute Gasteiger partial charge is 0.324 e. The molecule has 0 spiro atoms. The van der Waals surface area contributed by atoms with Gasteiger partial charge in [0.05, 0.1) is 0 Å². The van der Waals surface area contributed by atoms with E-state index >= 15 is 0 Å². The lowest BCUT2D eigenvalue weighted by atomic mass is 10.3. The Bertz CT molecular complexity index is 647. The summed E-state index contributed by atoms with van der Waals surface area (Å²) in [4.78, 5) is 49.5. The van der Waals surface area contributed by atoms with Crippen LogP contribution in [0.2, 0.25) is 0 Å². The Morgan fingerprint density at radius 1 is 1.18 bits per heavy atom. The normalized spacial score (nSPS) is 14.7. The Hall–Kier alpha value is -2.35. The molecule has 2 rings (SSSR count). The van der Waals surface area contributed by atoms with Crippen LogP contribution in [-0.2, 0) is 14.4 Å². The summed E-state index contributed by atoms with van der Waals surface area (Å²) < 4.78 is 0. The molecule has 8 heteroatoms. The van der Waals surface area contributed by atoms with Crippen LogP contribution < -0.4 is 5.32 Å². The summed E-state index contributed by atoms with van der Waals surface area (Å²) in [5, 5.41) is 2.60. The van der Waals surface area contributed by atoms with E-state index in [1.807, 2.05) is 12.3 Å². The highest BCUT2D eigenvalue weighted by atomic mass is 32.2. The van der Waals surface area contributed by atoms with Crippen molar-refractivity contribution in [1.29, 1.82) is 0 Å². The van der Waals surface area contributed by atoms with Gasteiger partial charge in [-0.25, -0.2) is 9.69 Å². The van der Waals surface area contributed by atoms with Crippen LogP contribution in [0.1, 0.15) is 6.92 Å². The monoisotopic (exact) mass is 321 g/mol. The van der Waals surface area contributed by atoms with Gasteiger partial charge in [0.15, 0.2) is 0 Å². The fraction of sp³-hybridized carbons (Fsp3) is 0.286. The Kier molecular flexibility index (Phi) is 4.81. The molecule has 1 aromatic rings. The third kappa shape index (κ3) is 3.11. The van der Waals surface area contributed by atoms with E-state index in [1.54, 1.807) is 25.1 Å². The molecule has 116 valence electrons. The molecule has 22 heavy (non-hydrogen) atoms. The van der Waals surface area contributed by atoms with E-state index in [0.29, 0.717) is 10.6 Å². The van der Waals surface area contributed by atoms with E-state index in [0.717, 1.165) is 9.80 Å². The van der Waals surface area contributed by atoms with Crippen molar-refractivity contribution >= 4 is 41.2 Å². The van der Waals surface area contributed by atoms with Gasteiger partial charge in [-0.3, -0.25) is 19.3 Å². The number of benzene rings is 1. The highest BCUT2D eigenvalue weighted by Crippen LogP contribution is 2.19. The van der Waals surface area contributed by atoms with Crippen molar-refractivity contribution in [2.45, 2.75) is 11.8 Å². The summed E-state index contributed by atoms with van der Waals surface area (Å²) in [6, 6.07) is 6.40. The minimum atomic E-state index is -0.972. The summed E-state index contributed by atoms with van der Waals surface area (Å²) in [5.41, 5.74) is 0.564. The maximum Gasteiger partial charge on any atom is 0.334 e. The number of likely N-dealkylation sites (N-methyl/N-ethyl adjacent to an activating group) is 1. The van der Waals surface area contributed by atoms with Gasteiger partial charge in [0.2, 0.25) is 5.91 Å². The number of anilines is 1. The van der Waals surface area contributed by atoms with Crippen molar-refractivity contribution < 1.29 is 19.2 Å². The fourth-order valence-corrected chi connectivity index (χ4v) is 2.47. The van der Waals surface area contributed by atoms with E-state index in [4.69, 9.17) is 0 Å². The number of urea groups is 1. The van der Waals surface area contributed by atoms with E-state index in [2.05, 4.69) is 5.32 Å². The van der Waals surface area contributed by atoms with Gasteiger partial charge in [0, 0.05) is 17.1 Å². The van der Waals surface area contributed by atoms with Gasteiger partial charge in [-0.2, -0.15) is 0 Å². The molecule has 5 amide bonds. The predicted molar refractivity (Wildman–Crippen MR) is 81.3 cm³/mol. The van der Waals surface area contributed by atoms with Crippen LogP contribution >= 0.6 is 11.8 Å². The fourth-order valence-electron chi connectivity index (χ4n) is 2.01. The van der Waals surface area contributed by atoms with Crippen LogP contribution in [0.15, 0.2) is 29.2 Å². The number of rotatable bonds is 5. The molecular weight excluding hydrogens is 306 g/mol. The number of thioether (sulfide) groups is 1. The largest absolute Gasteiger partial charge is 0.334 e. The molecule has 1 N–H and O–H groups in total. The first-order valence-corrected chi connectivity index (χ1v) is 7.81. The predicted octanol–water partition coefficient (Wildman–Crippen LogP) is 1.16. The molecule has 0 unspecified atom stereocenters. The molecule has 0 atom stereocenters. The summed E-state index contributed by atoms with van der Waals surface area (Å²) in [6.45, 7) is 1.20. The van der Waals surface area contributed by atoms with Crippen molar-refractivity contribution in [3.8, 4) is 0 Å². The minimum absolute atomic E-state index is 0.0945. The number of nitrogens with one attached hydrogen (secondary N) is 1. The molecule has 1 saturated heterocycles. The maximum absolute atomic E-state index is 12.0. The average molecular weight is 321 g/mol. The number of hydrogen-bond acceptors (Lipinski definition) is 5. The zero-order valence-electron chi connectivity index (χ0n) is 12.2. The summed E-state index contributed by atoms with van der Waals surface area (Å²) in [7, 11) is 0. The molecule has 1 aliphatic heterocycles. The Balaban J connectivity index is 2.04. The van der Waals surface area contributed by atoms with Gasteiger partial charge >= 0.3 is 17.8 Å². The zero-order valence-corrected chi connectivity index (χ0v) is 13.0. The van der Waals surface area contributed by atoms with Crippen molar-refractivity contribution in [2.24, 2.45) is 0 Å². The van der Waals surface area contributed by atoms with Crippen LogP contribution in [0, 0.1) is 0 Å². The van der Waals surface area contributed by atoms with E-state index in [-0.39, 0.29) is 6.54 Å². The van der Waals surface area contributed by atoms with Crippen LogP contribution in [0.25, 0.3) is 0 Å². The second kappa shape index (κ2) is 6.61. The van der Waals surface area contributed by atoms with Gasteiger partial charge in [0.1, 0.15) is 6.54 Å². The molecule has 0 bridgehead atoms. The Labute approximate surface area is 131 Å². The molecule has 7 nitrogen and oxygen atoms in total. The third-order valence-corrected chi connectivity index (χ3v) is 3.83.